The van der Waals surface area contributed by atoms with Gasteiger partial charge in [-0.15, -0.1) is 0 Å². The van der Waals surface area contributed by atoms with Gasteiger partial charge >= 0.3 is 0 Å². The topological polar surface area (TPSA) is 44.8 Å². The second-order valence-corrected chi connectivity index (χ2v) is 6.07. The number of rotatable bonds is 3. The molecule has 2 unspecified atom stereocenters. The molecule has 0 bridgehead atoms. The molecule has 2 atom stereocenters. The number of para-hydroxylation sites is 2. The van der Waals surface area contributed by atoms with Crippen LogP contribution in [0.5, 0.6) is 5.75 Å². The van der Waals surface area contributed by atoms with Gasteiger partial charge in [-0.05, 0) is 39.1 Å². The van der Waals surface area contributed by atoms with Crippen molar-refractivity contribution >= 4 is 11.6 Å². The van der Waals surface area contributed by atoms with Crippen LogP contribution in [0.3, 0.4) is 0 Å². The van der Waals surface area contributed by atoms with Crippen molar-refractivity contribution in [1.82, 2.24) is 9.80 Å². The van der Waals surface area contributed by atoms with Crippen molar-refractivity contribution in [1.29, 1.82) is 0 Å². The Morgan fingerprint density at radius 2 is 2.24 bits per heavy atom. The molecule has 114 valence electrons. The first kappa shape index (κ1) is 14.2. The van der Waals surface area contributed by atoms with Gasteiger partial charge in [-0.1, -0.05) is 12.1 Å². The third kappa shape index (κ3) is 2.97. The molecule has 21 heavy (non-hydrogen) atoms. The fourth-order valence-corrected chi connectivity index (χ4v) is 3.17. The van der Waals surface area contributed by atoms with Crippen LogP contribution < -0.4 is 10.1 Å². The number of hydrogen-bond acceptors (Lipinski definition) is 4. The van der Waals surface area contributed by atoms with Crippen molar-refractivity contribution in [2.45, 2.75) is 25.0 Å². The number of hydrogen-bond donors (Lipinski definition) is 1. The number of amides is 1. The van der Waals surface area contributed by atoms with Crippen LogP contribution in [0.1, 0.15) is 12.8 Å². The van der Waals surface area contributed by atoms with Gasteiger partial charge in [0.1, 0.15) is 5.75 Å². The van der Waals surface area contributed by atoms with Crippen molar-refractivity contribution in [3.63, 3.8) is 0 Å². The molecule has 0 spiro atoms. The zero-order valence-corrected chi connectivity index (χ0v) is 12.7. The minimum atomic E-state index is -0.414. The first-order valence-electron chi connectivity index (χ1n) is 7.60. The van der Waals surface area contributed by atoms with Gasteiger partial charge in [0.2, 0.25) is 0 Å². The summed E-state index contributed by atoms with van der Waals surface area (Å²) in [6.45, 7) is 2.31. The maximum Gasteiger partial charge on any atom is 0.265 e. The van der Waals surface area contributed by atoms with E-state index in [-0.39, 0.29) is 5.91 Å². The molecule has 5 nitrogen and oxygen atoms in total. The van der Waals surface area contributed by atoms with E-state index in [4.69, 9.17) is 4.74 Å². The summed E-state index contributed by atoms with van der Waals surface area (Å²) in [5.74, 6) is 0.881. The predicted octanol–water partition coefficient (Wildman–Crippen LogP) is 1.41. The number of likely N-dealkylation sites (tertiary alicyclic amines) is 1. The number of nitrogens with one attached hydrogen (secondary N) is 1. The van der Waals surface area contributed by atoms with E-state index in [2.05, 4.69) is 24.3 Å². The normalized spacial score (nSPS) is 24.4. The summed E-state index contributed by atoms with van der Waals surface area (Å²) in [6, 6.07) is 8.08. The highest BCUT2D eigenvalue weighted by Crippen LogP contribution is 2.29. The lowest BCUT2D eigenvalue weighted by atomic mass is 10.1. The number of anilines is 1. The Labute approximate surface area is 125 Å². The van der Waals surface area contributed by atoms with Crippen molar-refractivity contribution in [2.75, 3.05) is 39.0 Å². The summed E-state index contributed by atoms with van der Waals surface area (Å²) >= 11 is 0. The predicted molar refractivity (Wildman–Crippen MR) is 82.6 cm³/mol. The zero-order chi connectivity index (χ0) is 14.8. The summed E-state index contributed by atoms with van der Waals surface area (Å²) < 4.78 is 5.89. The molecule has 3 rings (SSSR count). The van der Waals surface area contributed by atoms with E-state index in [1.165, 1.54) is 0 Å². The molecular weight excluding hydrogens is 266 g/mol. The quantitative estimate of drug-likeness (QED) is 0.914. The Bertz CT molecular complexity index is 518. The zero-order valence-electron chi connectivity index (χ0n) is 12.7. The molecule has 1 aromatic rings. The molecule has 1 amide bonds. The Balaban J connectivity index is 1.68. The monoisotopic (exact) mass is 289 g/mol. The molecule has 1 N–H and O–H groups in total. The Hall–Kier alpha value is -1.75. The van der Waals surface area contributed by atoms with Gasteiger partial charge in [0.25, 0.3) is 5.91 Å². The van der Waals surface area contributed by atoms with Gasteiger partial charge in [-0.25, -0.2) is 0 Å². The number of likely N-dealkylation sites (N-methyl/N-ethyl adjacent to an activating group) is 1. The molecule has 5 heteroatoms. The van der Waals surface area contributed by atoms with Gasteiger partial charge in [0, 0.05) is 19.1 Å². The average Bonchev–Trinajstić information content (AvgIpc) is 2.93. The number of benzene rings is 1. The second-order valence-electron chi connectivity index (χ2n) is 6.07. The molecule has 0 radical (unpaired) electrons. The van der Waals surface area contributed by atoms with E-state index in [9.17, 15) is 4.79 Å². The summed E-state index contributed by atoms with van der Waals surface area (Å²) in [4.78, 5) is 16.9. The van der Waals surface area contributed by atoms with E-state index in [1.807, 2.05) is 29.2 Å². The highest BCUT2D eigenvalue weighted by molar-refractivity contribution is 5.83. The number of carbonyl (C=O) groups is 1. The van der Waals surface area contributed by atoms with Crippen molar-refractivity contribution in [3.05, 3.63) is 24.3 Å². The molecular formula is C16H23N3O2. The molecule has 0 aromatic heterocycles. The summed E-state index contributed by atoms with van der Waals surface area (Å²) in [5, 5.41) is 3.29. The lowest BCUT2D eigenvalue weighted by molar-refractivity contribution is -0.139. The minimum absolute atomic E-state index is 0.112. The molecule has 2 aliphatic heterocycles. The van der Waals surface area contributed by atoms with Crippen LogP contribution in [-0.2, 0) is 4.79 Å². The van der Waals surface area contributed by atoms with E-state index < -0.39 is 6.10 Å². The van der Waals surface area contributed by atoms with Crippen molar-refractivity contribution < 1.29 is 9.53 Å². The number of ether oxygens (including phenoxy) is 1. The van der Waals surface area contributed by atoms with Crippen LogP contribution in [0.25, 0.3) is 0 Å². The number of nitrogens with zero attached hydrogens (tertiary/aromatic N) is 2. The summed E-state index contributed by atoms with van der Waals surface area (Å²) in [5.41, 5.74) is 0.966. The van der Waals surface area contributed by atoms with E-state index >= 15 is 0 Å². The molecule has 0 saturated carbocycles. The number of carbonyl (C=O) groups excluding carboxylic acids is 1. The van der Waals surface area contributed by atoms with Crippen molar-refractivity contribution in [2.24, 2.45) is 0 Å². The Morgan fingerprint density at radius 1 is 1.43 bits per heavy atom. The SMILES string of the molecule is CN(C)CC1CCCN1C(=O)C1CNc2ccccc2O1. The van der Waals surface area contributed by atoms with Gasteiger partial charge < -0.3 is 19.9 Å². The smallest absolute Gasteiger partial charge is 0.265 e. The van der Waals surface area contributed by atoms with Crippen LogP contribution in [-0.4, -0.2) is 61.6 Å². The van der Waals surface area contributed by atoms with E-state index in [1.54, 1.807) is 0 Å². The maximum atomic E-state index is 12.7. The average molecular weight is 289 g/mol. The third-order valence-electron chi connectivity index (χ3n) is 4.15. The van der Waals surface area contributed by atoms with Gasteiger partial charge in [-0.2, -0.15) is 0 Å². The van der Waals surface area contributed by atoms with Gasteiger partial charge in [-0.3, -0.25) is 4.79 Å². The minimum Gasteiger partial charge on any atom is -0.477 e. The lowest BCUT2D eigenvalue weighted by Gasteiger charge is -2.33. The van der Waals surface area contributed by atoms with Crippen LogP contribution in [0.2, 0.25) is 0 Å². The van der Waals surface area contributed by atoms with E-state index in [0.717, 1.165) is 37.4 Å². The third-order valence-corrected chi connectivity index (χ3v) is 4.15. The Morgan fingerprint density at radius 3 is 3.05 bits per heavy atom. The van der Waals surface area contributed by atoms with Crippen LogP contribution >= 0.6 is 0 Å². The standard InChI is InChI=1S/C16H23N3O2/c1-18(2)11-12-6-5-9-19(12)16(20)15-10-17-13-7-3-4-8-14(13)21-15/h3-4,7-8,12,15,17H,5-6,9-11H2,1-2H3. The summed E-state index contributed by atoms with van der Waals surface area (Å²) in [6.07, 6.45) is 1.75. The van der Waals surface area contributed by atoms with Crippen molar-refractivity contribution in [3.8, 4) is 5.75 Å². The highest BCUT2D eigenvalue weighted by atomic mass is 16.5. The lowest BCUT2D eigenvalue weighted by Crippen LogP contribution is -2.50. The largest absolute Gasteiger partial charge is 0.477 e. The highest BCUT2D eigenvalue weighted by Gasteiger charge is 2.35. The van der Waals surface area contributed by atoms with Gasteiger partial charge in [0.15, 0.2) is 6.10 Å². The maximum absolute atomic E-state index is 12.7. The fraction of sp³-hybridized carbons (Fsp3) is 0.562. The van der Waals surface area contributed by atoms with Crippen LogP contribution in [0.4, 0.5) is 5.69 Å². The Kier molecular flexibility index (Phi) is 4.01. The molecule has 2 heterocycles. The molecule has 2 aliphatic rings. The van der Waals surface area contributed by atoms with Gasteiger partial charge in [0.05, 0.1) is 12.2 Å². The second kappa shape index (κ2) is 5.93. The molecule has 1 aromatic carbocycles. The molecule has 0 aliphatic carbocycles. The van der Waals surface area contributed by atoms with Crippen LogP contribution in [0, 0.1) is 0 Å². The molecule has 1 saturated heterocycles. The number of fused-ring (bicyclic) bond motifs is 1. The molecule has 1 fully saturated rings. The first-order chi connectivity index (χ1) is 10.1. The first-order valence-corrected chi connectivity index (χ1v) is 7.60. The summed E-state index contributed by atoms with van der Waals surface area (Å²) in [7, 11) is 4.10. The van der Waals surface area contributed by atoms with Crippen LogP contribution in [0.15, 0.2) is 24.3 Å². The van der Waals surface area contributed by atoms with E-state index in [0.29, 0.717) is 12.6 Å². The fourth-order valence-electron chi connectivity index (χ4n) is 3.17.